The zero-order chi connectivity index (χ0) is 11.5. The van der Waals surface area contributed by atoms with E-state index in [1.165, 1.54) is 0 Å². The van der Waals surface area contributed by atoms with Gasteiger partial charge in [-0.2, -0.15) is 0 Å². The van der Waals surface area contributed by atoms with E-state index in [1.807, 2.05) is 13.8 Å². The van der Waals surface area contributed by atoms with Crippen molar-refractivity contribution < 1.29 is 4.79 Å². The molecule has 0 aliphatic heterocycles. The summed E-state index contributed by atoms with van der Waals surface area (Å²) in [7, 11) is 0. The second kappa shape index (κ2) is 9.30. The van der Waals surface area contributed by atoms with Crippen LogP contribution in [0, 0.1) is 0 Å². The molecule has 0 atom stereocenters. The summed E-state index contributed by atoms with van der Waals surface area (Å²) in [4.78, 5) is 15.2. The Bertz CT molecular complexity index is 204. The number of guanidine groups is 1. The summed E-state index contributed by atoms with van der Waals surface area (Å²) >= 11 is 0. The number of nitrogens with zero attached hydrogens (tertiary/aromatic N) is 1. The molecule has 0 aliphatic rings. The molecule has 0 aromatic rings. The minimum Gasteiger partial charge on any atom is -0.370 e. The summed E-state index contributed by atoms with van der Waals surface area (Å²) in [6.07, 6.45) is 2.36. The van der Waals surface area contributed by atoms with Crippen LogP contribution in [0.4, 0.5) is 0 Å². The van der Waals surface area contributed by atoms with Crippen molar-refractivity contribution in [2.75, 3.05) is 19.6 Å². The quantitative estimate of drug-likeness (QED) is 0.419. The molecule has 0 aliphatic carbocycles. The van der Waals surface area contributed by atoms with Gasteiger partial charge in [-0.1, -0.05) is 13.8 Å². The third-order valence-corrected chi connectivity index (χ3v) is 1.74. The van der Waals surface area contributed by atoms with Crippen LogP contribution in [-0.4, -0.2) is 31.5 Å². The van der Waals surface area contributed by atoms with Crippen LogP contribution in [0.1, 0.15) is 33.1 Å². The van der Waals surface area contributed by atoms with Gasteiger partial charge in [0.25, 0.3) is 0 Å². The molecule has 0 heterocycles. The molecule has 0 saturated carbocycles. The van der Waals surface area contributed by atoms with Gasteiger partial charge >= 0.3 is 0 Å². The summed E-state index contributed by atoms with van der Waals surface area (Å²) in [5.74, 6) is 0.466. The molecule has 0 aromatic heterocycles. The zero-order valence-electron chi connectivity index (χ0n) is 9.68. The van der Waals surface area contributed by atoms with Gasteiger partial charge in [-0.05, 0) is 12.8 Å². The number of nitrogens with one attached hydrogen (secondary N) is 2. The maximum atomic E-state index is 11.2. The third-order valence-electron chi connectivity index (χ3n) is 1.74. The fourth-order valence-corrected chi connectivity index (χ4v) is 0.945. The molecule has 5 heteroatoms. The highest BCUT2D eigenvalue weighted by Gasteiger charge is 1.99. The molecule has 0 unspecified atom stereocenters. The minimum atomic E-state index is 0.0487. The van der Waals surface area contributed by atoms with E-state index in [4.69, 9.17) is 5.73 Å². The molecule has 0 radical (unpaired) electrons. The number of carbonyl (C=O) groups is 1. The highest BCUT2D eigenvalue weighted by molar-refractivity contribution is 5.79. The Morgan fingerprint density at radius 1 is 1.20 bits per heavy atom. The van der Waals surface area contributed by atoms with E-state index >= 15 is 0 Å². The molecule has 0 aromatic carbocycles. The number of rotatable bonds is 7. The fraction of sp³-hybridized carbons (Fsp3) is 0.800. The molecule has 0 saturated heterocycles. The van der Waals surface area contributed by atoms with Crippen LogP contribution in [0.2, 0.25) is 0 Å². The smallest absolute Gasteiger partial charge is 0.221 e. The van der Waals surface area contributed by atoms with Crippen molar-refractivity contribution >= 4 is 11.9 Å². The van der Waals surface area contributed by atoms with E-state index in [-0.39, 0.29) is 5.91 Å². The van der Waals surface area contributed by atoms with E-state index in [0.717, 1.165) is 25.9 Å². The first-order valence-electron chi connectivity index (χ1n) is 5.51. The largest absolute Gasteiger partial charge is 0.370 e. The van der Waals surface area contributed by atoms with Crippen LogP contribution in [-0.2, 0) is 4.79 Å². The molecular weight excluding hydrogens is 192 g/mol. The average Bonchev–Trinajstić information content (AvgIpc) is 2.23. The number of nitrogens with two attached hydrogens (primary N) is 1. The van der Waals surface area contributed by atoms with E-state index < -0.39 is 0 Å². The van der Waals surface area contributed by atoms with E-state index in [0.29, 0.717) is 18.9 Å². The fourth-order valence-electron chi connectivity index (χ4n) is 0.945. The molecule has 0 bridgehead atoms. The Labute approximate surface area is 91.5 Å². The molecule has 0 fully saturated rings. The van der Waals surface area contributed by atoms with Crippen LogP contribution in [0.3, 0.4) is 0 Å². The van der Waals surface area contributed by atoms with Gasteiger partial charge in [0.2, 0.25) is 5.91 Å². The zero-order valence-corrected chi connectivity index (χ0v) is 9.68. The lowest BCUT2D eigenvalue weighted by molar-refractivity contribution is -0.120. The van der Waals surface area contributed by atoms with Crippen molar-refractivity contribution in [2.24, 2.45) is 10.7 Å². The van der Waals surface area contributed by atoms with Crippen molar-refractivity contribution in [2.45, 2.75) is 33.1 Å². The first kappa shape index (κ1) is 13.7. The van der Waals surface area contributed by atoms with Gasteiger partial charge in [-0.15, -0.1) is 0 Å². The minimum absolute atomic E-state index is 0.0487. The van der Waals surface area contributed by atoms with Crippen LogP contribution in [0.25, 0.3) is 0 Å². The van der Waals surface area contributed by atoms with Crippen molar-refractivity contribution in [3.05, 3.63) is 0 Å². The normalized spacial score (nSPS) is 11.2. The SMILES string of the molecule is CCCN=C(N)NCCC(=O)NCCC. The summed E-state index contributed by atoms with van der Waals surface area (Å²) < 4.78 is 0. The Hall–Kier alpha value is -1.26. The van der Waals surface area contributed by atoms with Crippen LogP contribution in [0.15, 0.2) is 4.99 Å². The third kappa shape index (κ3) is 9.05. The predicted octanol–water partition coefficient (Wildman–Crippen LogP) is 0.217. The molecular formula is C10H22N4O. The van der Waals surface area contributed by atoms with E-state index in [9.17, 15) is 4.79 Å². The average molecular weight is 214 g/mol. The van der Waals surface area contributed by atoms with Gasteiger partial charge in [0.15, 0.2) is 5.96 Å². The Morgan fingerprint density at radius 3 is 2.53 bits per heavy atom. The molecule has 15 heavy (non-hydrogen) atoms. The van der Waals surface area contributed by atoms with Crippen molar-refractivity contribution in [1.82, 2.24) is 10.6 Å². The Balaban J connectivity index is 3.47. The monoisotopic (exact) mass is 214 g/mol. The standard InChI is InChI=1S/C10H22N4O/c1-3-6-12-9(15)5-8-14-10(11)13-7-4-2/h3-8H2,1-2H3,(H,12,15)(H3,11,13,14). The van der Waals surface area contributed by atoms with Crippen LogP contribution in [0.5, 0.6) is 0 Å². The lowest BCUT2D eigenvalue weighted by atomic mass is 10.4. The molecule has 88 valence electrons. The van der Waals surface area contributed by atoms with Crippen molar-refractivity contribution in [3.8, 4) is 0 Å². The topological polar surface area (TPSA) is 79.5 Å². The summed E-state index contributed by atoms with van der Waals surface area (Å²) in [5, 5.41) is 5.68. The maximum Gasteiger partial charge on any atom is 0.221 e. The summed E-state index contributed by atoms with van der Waals surface area (Å²) in [6, 6.07) is 0. The number of hydrogen-bond donors (Lipinski definition) is 3. The number of hydrogen-bond acceptors (Lipinski definition) is 2. The van der Waals surface area contributed by atoms with Gasteiger partial charge < -0.3 is 16.4 Å². The van der Waals surface area contributed by atoms with Crippen LogP contribution >= 0.6 is 0 Å². The van der Waals surface area contributed by atoms with E-state index in [2.05, 4.69) is 15.6 Å². The second-order valence-corrected chi connectivity index (χ2v) is 3.29. The lowest BCUT2D eigenvalue weighted by Crippen LogP contribution is -2.35. The first-order valence-corrected chi connectivity index (χ1v) is 5.51. The summed E-state index contributed by atoms with van der Waals surface area (Å²) in [5.41, 5.74) is 5.55. The molecule has 0 rings (SSSR count). The van der Waals surface area contributed by atoms with Crippen molar-refractivity contribution in [3.63, 3.8) is 0 Å². The Kier molecular flexibility index (Phi) is 8.52. The van der Waals surface area contributed by atoms with Crippen molar-refractivity contribution in [1.29, 1.82) is 0 Å². The first-order chi connectivity index (χ1) is 7.20. The lowest BCUT2D eigenvalue weighted by Gasteiger charge is -2.05. The van der Waals surface area contributed by atoms with Gasteiger partial charge in [-0.25, -0.2) is 0 Å². The number of amides is 1. The molecule has 1 amide bonds. The molecule has 5 nitrogen and oxygen atoms in total. The Morgan fingerprint density at radius 2 is 1.93 bits per heavy atom. The highest BCUT2D eigenvalue weighted by atomic mass is 16.1. The summed E-state index contributed by atoms with van der Waals surface area (Å²) in [6.45, 7) is 6.05. The van der Waals surface area contributed by atoms with E-state index in [1.54, 1.807) is 0 Å². The predicted molar refractivity (Wildman–Crippen MR) is 62.7 cm³/mol. The second-order valence-electron chi connectivity index (χ2n) is 3.29. The van der Waals surface area contributed by atoms with Gasteiger partial charge in [-0.3, -0.25) is 9.79 Å². The molecule has 4 N–H and O–H groups in total. The van der Waals surface area contributed by atoms with Gasteiger partial charge in [0.1, 0.15) is 0 Å². The molecule has 0 spiro atoms. The number of carbonyl (C=O) groups excluding carboxylic acids is 1. The number of aliphatic imine (C=N–C) groups is 1. The highest BCUT2D eigenvalue weighted by Crippen LogP contribution is 1.80. The van der Waals surface area contributed by atoms with Crippen LogP contribution < -0.4 is 16.4 Å². The van der Waals surface area contributed by atoms with Gasteiger partial charge in [0.05, 0.1) is 0 Å². The maximum absolute atomic E-state index is 11.2. The van der Waals surface area contributed by atoms with Gasteiger partial charge in [0, 0.05) is 26.1 Å².